The van der Waals surface area contributed by atoms with Crippen LogP contribution in [0, 0.1) is 22.5 Å². The van der Waals surface area contributed by atoms with Crippen molar-refractivity contribution in [3.8, 4) is 11.4 Å². The summed E-state index contributed by atoms with van der Waals surface area (Å²) in [5, 5.41) is 15.6. The number of hydrogen-bond donors (Lipinski definition) is 4. The molecule has 2 aromatic carbocycles. The van der Waals surface area contributed by atoms with Crippen LogP contribution in [-0.4, -0.2) is 57.5 Å². The molecule has 1 unspecified atom stereocenters. The minimum atomic E-state index is -1.74. The Labute approximate surface area is 264 Å². The van der Waals surface area contributed by atoms with Gasteiger partial charge in [0.15, 0.2) is 0 Å². The molecule has 1 heterocycles. The van der Waals surface area contributed by atoms with Crippen molar-refractivity contribution < 1.29 is 23.5 Å². The van der Waals surface area contributed by atoms with Crippen molar-refractivity contribution in [3.05, 3.63) is 89.3 Å². The number of carbonyl (C=O) groups is 2. The van der Waals surface area contributed by atoms with Crippen molar-refractivity contribution >= 4 is 11.8 Å². The number of halogens is 2. The average Bonchev–Trinajstić information content (AvgIpc) is 3.47. The Kier molecular flexibility index (Phi) is 11.3. The van der Waals surface area contributed by atoms with E-state index in [1.165, 1.54) is 0 Å². The molecule has 3 aromatic rings. The van der Waals surface area contributed by atoms with E-state index in [4.69, 9.17) is 5.73 Å². The van der Waals surface area contributed by atoms with Gasteiger partial charge in [0.25, 0.3) is 0 Å². The van der Waals surface area contributed by atoms with Crippen LogP contribution in [0.15, 0.2) is 66.4 Å². The molecule has 1 aliphatic carbocycles. The van der Waals surface area contributed by atoms with E-state index < -0.39 is 34.5 Å². The number of nitrogens with two attached hydrogens (primary N) is 1. The number of hydrogen-bond acceptors (Lipinski definition) is 5. The fraction of sp³-hybridized carbons (Fsp3) is 0.457. The molecule has 0 bridgehead atoms. The van der Waals surface area contributed by atoms with Crippen LogP contribution in [0.4, 0.5) is 8.78 Å². The molecule has 0 aliphatic heterocycles. The molecular weight excluding hydrogens is 576 g/mol. The number of benzene rings is 2. The van der Waals surface area contributed by atoms with Gasteiger partial charge in [0.05, 0.1) is 16.9 Å². The Morgan fingerprint density at radius 2 is 1.78 bits per heavy atom. The molecule has 4 rings (SSSR count). The molecule has 1 aromatic heterocycles. The third-order valence-electron chi connectivity index (χ3n) is 8.66. The SMILES string of the molecule is CCCN(CCC)C(=O)C1(CCCNCc2cnc(-c3ccccc3)[nH]2)CC(C)=C[C@](Cc2cc(F)cc(F)c2)(C(N)=O)[C@@H]1O. The molecule has 8 nitrogen and oxygen atoms in total. The van der Waals surface area contributed by atoms with E-state index in [2.05, 4.69) is 15.3 Å². The molecule has 0 fully saturated rings. The highest BCUT2D eigenvalue weighted by molar-refractivity contribution is 5.90. The van der Waals surface area contributed by atoms with Gasteiger partial charge >= 0.3 is 0 Å². The van der Waals surface area contributed by atoms with Crippen LogP contribution in [0.3, 0.4) is 0 Å². The van der Waals surface area contributed by atoms with Crippen LogP contribution < -0.4 is 11.1 Å². The summed E-state index contributed by atoms with van der Waals surface area (Å²) in [6, 6.07) is 12.8. The fourth-order valence-electron chi connectivity index (χ4n) is 6.79. The Morgan fingerprint density at radius 3 is 2.40 bits per heavy atom. The summed E-state index contributed by atoms with van der Waals surface area (Å²) in [5.41, 5.74) is 5.69. The molecule has 0 saturated carbocycles. The maximum atomic E-state index is 14.5. The smallest absolute Gasteiger partial charge is 0.231 e. The van der Waals surface area contributed by atoms with E-state index in [0.717, 1.165) is 53.7 Å². The molecule has 0 spiro atoms. The highest BCUT2D eigenvalue weighted by Gasteiger charge is 2.59. The third kappa shape index (κ3) is 7.68. The van der Waals surface area contributed by atoms with Crippen LogP contribution in [0.2, 0.25) is 0 Å². The zero-order valence-corrected chi connectivity index (χ0v) is 26.4. The second-order valence-corrected chi connectivity index (χ2v) is 12.3. The van der Waals surface area contributed by atoms with E-state index in [1.54, 1.807) is 17.2 Å². The fourth-order valence-corrected chi connectivity index (χ4v) is 6.79. The Hall–Kier alpha value is -3.89. The molecule has 0 saturated heterocycles. The van der Waals surface area contributed by atoms with Crippen LogP contribution in [0.25, 0.3) is 11.4 Å². The van der Waals surface area contributed by atoms with Gasteiger partial charge in [-0.2, -0.15) is 0 Å². The van der Waals surface area contributed by atoms with Crippen molar-refractivity contribution in [2.45, 2.75) is 71.9 Å². The molecule has 2 amide bonds. The normalized spacial score (nSPS) is 21.4. The zero-order valence-electron chi connectivity index (χ0n) is 26.4. The predicted octanol–water partition coefficient (Wildman–Crippen LogP) is 5.29. The van der Waals surface area contributed by atoms with E-state index in [-0.39, 0.29) is 30.7 Å². The van der Waals surface area contributed by atoms with E-state index in [0.29, 0.717) is 32.6 Å². The van der Waals surface area contributed by atoms with Gasteiger partial charge < -0.3 is 26.0 Å². The van der Waals surface area contributed by atoms with Crippen LogP contribution >= 0.6 is 0 Å². The number of H-pyrrole nitrogens is 1. The number of aromatic nitrogens is 2. The van der Waals surface area contributed by atoms with E-state index >= 15 is 0 Å². The number of allylic oxidation sites excluding steroid dienone is 1. The van der Waals surface area contributed by atoms with Gasteiger partial charge in [0, 0.05) is 43.2 Å². The number of aliphatic hydroxyl groups is 1. The Morgan fingerprint density at radius 1 is 1.11 bits per heavy atom. The molecule has 10 heteroatoms. The first-order chi connectivity index (χ1) is 21.5. The van der Waals surface area contributed by atoms with Gasteiger partial charge in [0.2, 0.25) is 11.8 Å². The standard InChI is InChI=1S/C35H45F2N5O3/c1-4-14-42(15-5-2)33(45)34(12-9-13-39-22-29-23-40-30(41-29)26-10-7-6-8-11-26)19-24(3)20-35(31(34)43,32(38)44)21-25-16-27(36)18-28(37)17-25/h6-8,10-11,16-18,20,23,31,39,43H,4-5,9,12-15,19,21-22H2,1-3H3,(H2,38,44)(H,40,41)/t31-,34?,35-/m1/s1. The maximum absolute atomic E-state index is 14.5. The highest BCUT2D eigenvalue weighted by Crippen LogP contribution is 2.51. The molecule has 242 valence electrons. The van der Waals surface area contributed by atoms with Crippen molar-refractivity contribution in [2.75, 3.05) is 19.6 Å². The summed E-state index contributed by atoms with van der Waals surface area (Å²) in [6.45, 7) is 7.85. The summed E-state index contributed by atoms with van der Waals surface area (Å²) in [6.07, 6.45) is 4.12. The number of nitrogens with zero attached hydrogens (tertiary/aromatic N) is 2. The number of rotatable bonds is 15. The highest BCUT2D eigenvalue weighted by atomic mass is 19.1. The summed E-state index contributed by atoms with van der Waals surface area (Å²) in [4.78, 5) is 37.3. The second-order valence-electron chi connectivity index (χ2n) is 12.3. The average molecular weight is 622 g/mol. The number of primary amides is 1. The number of carbonyl (C=O) groups excluding carboxylic acids is 2. The van der Waals surface area contributed by atoms with Crippen molar-refractivity contribution in [1.82, 2.24) is 20.2 Å². The largest absolute Gasteiger partial charge is 0.391 e. The summed E-state index contributed by atoms with van der Waals surface area (Å²) in [5.74, 6) is -1.90. The van der Waals surface area contributed by atoms with Gasteiger partial charge in [0.1, 0.15) is 17.5 Å². The quantitative estimate of drug-likeness (QED) is 0.136. The number of nitrogens with one attached hydrogen (secondary N) is 2. The lowest BCUT2D eigenvalue weighted by molar-refractivity contribution is -0.162. The number of amides is 2. The molecule has 1 aliphatic rings. The predicted molar refractivity (Wildman–Crippen MR) is 171 cm³/mol. The van der Waals surface area contributed by atoms with Gasteiger partial charge in [-0.05, 0) is 69.7 Å². The van der Waals surface area contributed by atoms with Crippen molar-refractivity contribution in [3.63, 3.8) is 0 Å². The zero-order chi connectivity index (χ0) is 32.6. The first-order valence-electron chi connectivity index (χ1n) is 15.7. The van der Waals surface area contributed by atoms with E-state index in [1.807, 2.05) is 51.1 Å². The van der Waals surface area contributed by atoms with Crippen molar-refractivity contribution in [2.24, 2.45) is 16.6 Å². The number of imidazole rings is 1. The first kappa shape index (κ1) is 34.0. The summed E-state index contributed by atoms with van der Waals surface area (Å²) in [7, 11) is 0. The second kappa shape index (κ2) is 14.9. The Bertz CT molecular complexity index is 1470. The number of aliphatic hydroxyl groups excluding tert-OH is 1. The molecular formula is C35H45F2N5O3. The lowest BCUT2D eigenvalue weighted by Gasteiger charge is -2.50. The van der Waals surface area contributed by atoms with Gasteiger partial charge in [-0.3, -0.25) is 9.59 Å². The summed E-state index contributed by atoms with van der Waals surface area (Å²) < 4.78 is 28.4. The van der Waals surface area contributed by atoms with Gasteiger partial charge in [-0.15, -0.1) is 0 Å². The minimum Gasteiger partial charge on any atom is -0.391 e. The topological polar surface area (TPSA) is 124 Å². The first-order valence-corrected chi connectivity index (χ1v) is 15.7. The Balaban J connectivity index is 1.59. The van der Waals surface area contributed by atoms with Gasteiger partial charge in [-0.25, -0.2) is 13.8 Å². The van der Waals surface area contributed by atoms with Crippen LogP contribution in [0.5, 0.6) is 0 Å². The van der Waals surface area contributed by atoms with E-state index in [9.17, 15) is 23.5 Å². The molecule has 45 heavy (non-hydrogen) atoms. The minimum absolute atomic E-state index is 0.174. The van der Waals surface area contributed by atoms with Crippen LogP contribution in [-0.2, 0) is 22.6 Å². The van der Waals surface area contributed by atoms with Gasteiger partial charge in [-0.1, -0.05) is 55.8 Å². The third-order valence-corrected chi connectivity index (χ3v) is 8.66. The summed E-state index contributed by atoms with van der Waals surface area (Å²) >= 11 is 0. The monoisotopic (exact) mass is 621 g/mol. The van der Waals surface area contributed by atoms with Crippen molar-refractivity contribution in [1.29, 1.82) is 0 Å². The van der Waals surface area contributed by atoms with Crippen LogP contribution in [0.1, 0.15) is 64.1 Å². The lowest BCUT2D eigenvalue weighted by Crippen LogP contribution is -2.62. The lowest BCUT2D eigenvalue weighted by atomic mass is 9.57. The number of aromatic amines is 1. The molecule has 5 N–H and O–H groups in total. The maximum Gasteiger partial charge on any atom is 0.231 e. The molecule has 3 atom stereocenters. The molecule has 0 radical (unpaired) electrons.